The van der Waals surface area contributed by atoms with Crippen molar-refractivity contribution in [2.24, 2.45) is 7.05 Å². The van der Waals surface area contributed by atoms with Gasteiger partial charge in [0.25, 0.3) is 5.56 Å². The van der Waals surface area contributed by atoms with Gasteiger partial charge >= 0.3 is 5.97 Å². The van der Waals surface area contributed by atoms with Crippen molar-refractivity contribution in [2.75, 3.05) is 5.32 Å². The van der Waals surface area contributed by atoms with Crippen molar-refractivity contribution in [3.05, 3.63) is 62.4 Å². The number of aromatic carboxylic acids is 1. The number of fused-ring (bicyclic) bond motifs is 1. The third kappa shape index (κ3) is 3.51. The molecule has 1 aromatic carbocycles. The smallest absolute Gasteiger partial charge is 0.356 e. The first-order valence-electron chi connectivity index (χ1n) is 9.76. The van der Waals surface area contributed by atoms with Crippen molar-refractivity contribution in [3.63, 3.8) is 0 Å². The topological polar surface area (TPSA) is 121 Å². The van der Waals surface area contributed by atoms with Gasteiger partial charge in [0, 0.05) is 12.6 Å². The Kier molecular flexibility index (Phi) is 4.94. The van der Waals surface area contributed by atoms with Crippen LogP contribution >= 0.6 is 11.6 Å². The number of aromatic nitrogens is 3. The number of nitriles is 1. The van der Waals surface area contributed by atoms with E-state index in [1.165, 1.54) is 10.6 Å². The highest BCUT2D eigenvalue weighted by molar-refractivity contribution is 6.29. The summed E-state index contributed by atoms with van der Waals surface area (Å²) in [5.74, 6) is -0.741. The fraction of sp³-hybridized carbons (Fsp3) is 0.318. The molecule has 8 nitrogen and oxygen atoms in total. The Balaban J connectivity index is 1.87. The first-order valence-corrected chi connectivity index (χ1v) is 10.1. The Bertz CT molecular complexity index is 1340. The van der Waals surface area contributed by atoms with Crippen LogP contribution in [-0.4, -0.2) is 25.6 Å². The lowest BCUT2D eigenvalue weighted by Gasteiger charge is -2.20. The SMILES string of the molecule is Cc1cc([C@@H](C)Nc2ccc(Cl)nc2C(=O)O)c2nc(C3(C#N)CC3)n(C)c(=O)c2c1. The van der Waals surface area contributed by atoms with Crippen molar-refractivity contribution in [2.45, 2.75) is 38.1 Å². The number of hydrogen-bond donors (Lipinski definition) is 2. The summed E-state index contributed by atoms with van der Waals surface area (Å²) in [5, 5.41) is 22.8. The van der Waals surface area contributed by atoms with Crippen LogP contribution in [0, 0.1) is 18.3 Å². The number of hydrogen-bond acceptors (Lipinski definition) is 6. The van der Waals surface area contributed by atoms with Crippen molar-refractivity contribution < 1.29 is 9.90 Å². The van der Waals surface area contributed by atoms with Gasteiger partial charge in [0.1, 0.15) is 16.4 Å². The maximum Gasteiger partial charge on any atom is 0.356 e. The molecule has 0 unspecified atom stereocenters. The van der Waals surface area contributed by atoms with E-state index in [4.69, 9.17) is 16.6 Å². The van der Waals surface area contributed by atoms with E-state index >= 15 is 0 Å². The molecule has 0 aliphatic heterocycles. The molecule has 1 fully saturated rings. The van der Waals surface area contributed by atoms with E-state index in [2.05, 4.69) is 16.4 Å². The minimum Gasteiger partial charge on any atom is -0.476 e. The van der Waals surface area contributed by atoms with Gasteiger partial charge in [-0.2, -0.15) is 5.26 Å². The molecule has 9 heteroatoms. The molecule has 1 aliphatic rings. The third-order valence-electron chi connectivity index (χ3n) is 5.65. The highest BCUT2D eigenvalue weighted by Gasteiger charge is 2.48. The lowest BCUT2D eigenvalue weighted by Crippen LogP contribution is -2.27. The minimum atomic E-state index is -1.20. The van der Waals surface area contributed by atoms with Crippen LogP contribution in [0.2, 0.25) is 5.15 Å². The largest absolute Gasteiger partial charge is 0.476 e. The van der Waals surface area contributed by atoms with Crippen LogP contribution in [0.15, 0.2) is 29.1 Å². The predicted octanol–water partition coefficient (Wildman–Crippen LogP) is 3.72. The molecular weight excluding hydrogens is 418 g/mol. The van der Waals surface area contributed by atoms with Crippen LogP contribution in [0.3, 0.4) is 0 Å². The molecule has 0 amide bonds. The van der Waals surface area contributed by atoms with Gasteiger partial charge in [-0.1, -0.05) is 17.7 Å². The first-order chi connectivity index (χ1) is 14.7. The number of benzene rings is 1. The fourth-order valence-corrected chi connectivity index (χ4v) is 3.99. The number of carboxylic acids is 1. The lowest BCUT2D eigenvalue weighted by atomic mass is 10.00. The molecule has 4 rings (SSSR count). The number of carboxylic acid groups (broad SMARTS) is 1. The minimum absolute atomic E-state index is 0.0812. The van der Waals surface area contributed by atoms with Crippen LogP contribution < -0.4 is 10.9 Å². The highest BCUT2D eigenvalue weighted by atomic mass is 35.5. The van der Waals surface area contributed by atoms with Crippen molar-refractivity contribution >= 4 is 34.2 Å². The average molecular weight is 438 g/mol. The molecule has 0 saturated heterocycles. The Morgan fingerprint density at radius 2 is 2.06 bits per heavy atom. The molecule has 2 N–H and O–H groups in total. The summed E-state index contributed by atoms with van der Waals surface area (Å²) in [7, 11) is 1.64. The van der Waals surface area contributed by atoms with Crippen LogP contribution in [0.1, 0.15) is 53.2 Å². The van der Waals surface area contributed by atoms with Crippen LogP contribution in [-0.2, 0) is 12.5 Å². The van der Waals surface area contributed by atoms with E-state index in [0.29, 0.717) is 35.3 Å². The number of carbonyl (C=O) groups is 1. The summed E-state index contributed by atoms with van der Waals surface area (Å²) in [6.07, 6.45) is 1.34. The van der Waals surface area contributed by atoms with Crippen LogP contribution in [0.25, 0.3) is 10.9 Å². The Morgan fingerprint density at radius 1 is 1.35 bits per heavy atom. The van der Waals surface area contributed by atoms with E-state index in [1.807, 2.05) is 19.9 Å². The molecule has 2 aromatic heterocycles. The fourth-order valence-electron chi connectivity index (χ4n) is 3.85. The molecular formula is C22H20ClN5O3. The lowest BCUT2D eigenvalue weighted by molar-refractivity contribution is 0.0691. The maximum atomic E-state index is 13.1. The maximum absolute atomic E-state index is 13.1. The molecule has 3 aromatic rings. The van der Waals surface area contributed by atoms with Crippen LogP contribution in [0.5, 0.6) is 0 Å². The second-order valence-corrected chi connectivity index (χ2v) is 8.33. The number of nitrogens with zero attached hydrogens (tertiary/aromatic N) is 4. The van der Waals surface area contributed by atoms with Gasteiger partial charge in [0.15, 0.2) is 5.69 Å². The molecule has 0 spiro atoms. The summed E-state index contributed by atoms with van der Waals surface area (Å²) in [5.41, 5.74) is 1.28. The highest BCUT2D eigenvalue weighted by Crippen LogP contribution is 2.46. The number of pyridine rings is 1. The quantitative estimate of drug-likeness (QED) is 0.583. The second kappa shape index (κ2) is 7.36. The zero-order chi connectivity index (χ0) is 22.5. The average Bonchev–Trinajstić information content (AvgIpc) is 3.52. The molecule has 2 heterocycles. The second-order valence-electron chi connectivity index (χ2n) is 7.95. The van der Waals surface area contributed by atoms with Gasteiger partial charge in [0.2, 0.25) is 0 Å². The Morgan fingerprint density at radius 3 is 2.68 bits per heavy atom. The Labute approximate surface area is 183 Å². The molecule has 1 saturated carbocycles. The number of halogens is 1. The first kappa shape index (κ1) is 20.8. The molecule has 158 valence electrons. The molecule has 0 bridgehead atoms. The normalized spacial score (nSPS) is 15.3. The number of aryl methyl sites for hydroxylation is 1. The van der Waals surface area contributed by atoms with Crippen molar-refractivity contribution in [1.82, 2.24) is 14.5 Å². The van der Waals surface area contributed by atoms with E-state index in [0.717, 1.165) is 11.1 Å². The summed E-state index contributed by atoms with van der Waals surface area (Å²) >= 11 is 5.85. The number of anilines is 1. The van der Waals surface area contributed by atoms with Gasteiger partial charge in [0.05, 0.1) is 28.7 Å². The van der Waals surface area contributed by atoms with Gasteiger partial charge in [-0.25, -0.2) is 14.8 Å². The number of nitrogens with one attached hydrogen (secondary N) is 1. The summed E-state index contributed by atoms with van der Waals surface area (Å²) in [4.78, 5) is 33.3. The summed E-state index contributed by atoms with van der Waals surface area (Å²) < 4.78 is 1.46. The van der Waals surface area contributed by atoms with Gasteiger partial charge in [-0.05, 0) is 50.5 Å². The zero-order valence-electron chi connectivity index (χ0n) is 17.2. The monoisotopic (exact) mass is 437 g/mol. The Hall–Kier alpha value is -3.44. The predicted molar refractivity (Wildman–Crippen MR) is 116 cm³/mol. The molecule has 31 heavy (non-hydrogen) atoms. The molecule has 1 aliphatic carbocycles. The standard InChI is InChI=1S/C22H20ClN5O3/c1-11-8-13(12(2)25-15-4-5-16(23)26-18(15)20(30)31)17-14(9-11)19(29)28(3)21(27-17)22(10-24)6-7-22/h4-5,8-9,12,25H,6-7H2,1-3H3,(H,30,31)/t12-/m1/s1. The third-order valence-corrected chi connectivity index (χ3v) is 5.86. The molecule has 0 radical (unpaired) electrons. The van der Waals surface area contributed by atoms with Gasteiger partial charge < -0.3 is 10.4 Å². The van der Waals surface area contributed by atoms with Crippen LogP contribution in [0.4, 0.5) is 5.69 Å². The van der Waals surface area contributed by atoms with Gasteiger partial charge in [-0.3, -0.25) is 9.36 Å². The van der Waals surface area contributed by atoms with Crippen molar-refractivity contribution in [3.8, 4) is 6.07 Å². The van der Waals surface area contributed by atoms with E-state index in [9.17, 15) is 20.0 Å². The molecule has 1 atom stereocenters. The van der Waals surface area contributed by atoms with E-state index in [1.54, 1.807) is 19.2 Å². The number of rotatable bonds is 5. The van der Waals surface area contributed by atoms with E-state index in [-0.39, 0.29) is 16.4 Å². The summed E-state index contributed by atoms with van der Waals surface area (Å²) in [6, 6.07) is 8.66. The van der Waals surface area contributed by atoms with Crippen molar-refractivity contribution in [1.29, 1.82) is 5.26 Å². The summed E-state index contributed by atoms with van der Waals surface area (Å²) in [6.45, 7) is 3.73. The zero-order valence-corrected chi connectivity index (χ0v) is 18.0. The van der Waals surface area contributed by atoms with Gasteiger partial charge in [-0.15, -0.1) is 0 Å². The van der Waals surface area contributed by atoms with E-state index < -0.39 is 17.4 Å².